The molecular weight excluding hydrogens is 296 g/mol. The molecule has 1 aromatic heterocycles. The summed E-state index contributed by atoms with van der Waals surface area (Å²) in [6, 6.07) is 0. The Labute approximate surface area is 115 Å². The molecule has 3 heteroatoms. The number of hydrogen-bond acceptors (Lipinski definition) is 2. The molecule has 3 rings (SSSR count). The van der Waals surface area contributed by atoms with Gasteiger partial charge in [0, 0.05) is 26.2 Å². The average Bonchev–Trinajstić information content (AvgIpc) is 2.86. The van der Waals surface area contributed by atoms with E-state index in [-0.39, 0.29) is 10.8 Å². The fourth-order valence-corrected chi connectivity index (χ4v) is 6.10. The maximum atomic E-state index is 11.5. The molecule has 0 saturated heterocycles. The van der Waals surface area contributed by atoms with E-state index in [1.807, 2.05) is 0 Å². The molecule has 2 bridgehead atoms. The lowest BCUT2D eigenvalue weighted by atomic mass is 9.58. The summed E-state index contributed by atoms with van der Waals surface area (Å²) in [4.78, 5) is 0. The molecule has 0 amide bonds. The fraction of sp³-hybridized carbons (Fsp3) is 0.714. The number of hydrogen-bond donors (Lipinski definition) is 1. The van der Waals surface area contributed by atoms with Gasteiger partial charge in [-0.25, -0.2) is 0 Å². The van der Waals surface area contributed by atoms with Crippen LogP contribution in [0.3, 0.4) is 0 Å². The molecule has 0 aliphatic heterocycles. The molecule has 1 nitrogen and oxygen atoms in total. The number of aliphatic hydroxyl groups is 1. The molecule has 2 aliphatic carbocycles. The minimum Gasteiger partial charge on any atom is -0.384 e. The van der Waals surface area contributed by atoms with Gasteiger partial charge in [0.25, 0.3) is 0 Å². The van der Waals surface area contributed by atoms with Crippen LogP contribution in [0.25, 0.3) is 0 Å². The smallest absolute Gasteiger partial charge is 0.102 e. The van der Waals surface area contributed by atoms with E-state index >= 15 is 0 Å². The van der Waals surface area contributed by atoms with Crippen LogP contribution in [0.15, 0.2) is 15.2 Å². The molecular formula is C14H19BrOS. The lowest BCUT2D eigenvalue weighted by Crippen LogP contribution is -2.51. The van der Waals surface area contributed by atoms with E-state index < -0.39 is 5.60 Å². The fourth-order valence-electron chi connectivity index (χ4n) is 4.47. The average molecular weight is 315 g/mol. The topological polar surface area (TPSA) is 20.2 Å². The summed E-state index contributed by atoms with van der Waals surface area (Å²) in [5, 5.41) is 15.7. The van der Waals surface area contributed by atoms with Gasteiger partial charge >= 0.3 is 0 Å². The van der Waals surface area contributed by atoms with E-state index in [2.05, 4.69) is 47.5 Å². The van der Waals surface area contributed by atoms with E-state index in [1.54, 1.807) is 11.3 Å². The van der Waals surface area contributed by atoms with Crippen LogP contribution in [0.5, 0.6) is 0 Å². The molecule has 0 aromatic carbocycles. The van der Waals surface area contributed by atoms with Gasteiger partial charge in [0.15, 0.2) is 0 Å². The van der Waals surface area contributed by atoms with Crippen LogP contribution in [0.4, 0.5) is 0 Å². The summed E-state index contributed by atoms with van der Waals surface area (Å²) < 4.78 is 1.08. The zero-order valence-electron chi connectivity index (χ0n) is 10.6. The van der Waals surface area contributed by atoms with Crippen molar-refractivity contribution in [2.45, 2.75) is 45.6 Å². The van der Waals surface area contributed by atoms with Crippen molar-refractivity contribution in [3.05, 3.63) is 20.8 Å². The Morgan fingerprint density at radius 1 is 1.35 bits per heavy atom. The van der Waals surface area contributed by atoms with Gasteiger partial charge in [0.1, 0.15) is 5.60 Å². The molecule has 3 unspecified atom stereocenters. The van der Waals surface area contributed by atoms with E-state index in [0.717, 1.165) is 16.5 Å². The Bertz CT molecular complexity index is 460. The van der Waals surface area contributed by atoms with E-state index in [4.69, 9.17) is 0 Å². The van der Waals surface area contributed by atoms with Gasteiger partial charge in [0.05, 0.1) is 0 Å². The zero-order valence-corrected chi connectivity index (χ0v) is 13.0. The highest BCUT2D eigenvalue weighted by molar-refractivity contribution is 9.10. The summed E-state index contributed by atoms with van der Waals surface area (Å²) in [5.41, 5.74) is 0.452. The summed E-state index contributed by atoms with van der Waals surface area (Å²) in [7, 11) is 0. The minimum absolute atomic E-state index is 0.0242. The zero-order chi connectivity index (χ0) is 12.5. The van der Waals surface area contributed by atoms with E-state index in [0.29, 0.717) is 5.92 Å². The van der Waals surface area contributed by atoms with Crippen LogP contribution in [0.2, 0.25) is 0 Å². The van der Waals surface area contributed by atoms with Crippen LogP contribution in [0, 0.1) is 16.7 Å². The molecule has 94 valence electrons. The molecule has 1 N–H and O–H groups in total. The van der Waals surface area contributed by atoms with Crippen molar-refractivity contribution in [3.8, 4) is 0 Å². The van der Waals surface area contributed by atoms with Gasteiger partial charge in [-0.1, -0.05) is 20.8 Å². The van der Waals surface area contributed by atoms with Gasteiger partial charge in [0.2, 0.25) is 0 Å². The van der Waals surface area contributed by atoms with Crippen LogP contribution in [-0.4, -0.2) is 5.11 Å². The monoisotopic (exact) mass is 314 g/mol. The van der Waals surface area contributed by atoms with Crippen LogP contribution in [0.1, 0.15) is 45.6 Å². The largest absolute Gasteiger partial charge is 0.384 e. The van der Waals surface area contributed by atoms with Crippen molar-refractivity contribution in [1.82, 2.24) is 0 Å². The quantitative estimate of drug-likeness (QED) is 0.806. The maximum Gasteiger partial charge on any atom is 0.102 e. The number of thiophene rings is 1. The molecule has 3 atom stereocenters. The van der Waals surface area contributed by atoms with Gasteiger partial charge in [-0.05, 0) is 46.5 Å². The summed E-state index contributed by atoms with van der Waals surface area (Å²) in [5.74, 6) is 0.657. The second-order valence-corrected chi connectivity index (χ2v) is 8.16. The highest BCUT2D eigenvalue weighted by Gasteiger charge is 2.69. The second kappa shape index (κ2) is 3.37. The molecule has 17 heavy (non-hydrogen) atoms. The first-order valence-corrected chi connectivity index (χ1v) is 8.01. The first-order valence-electron chi connectivity index (χ1n) is 6.27. The van der Waals surface area contributed by atoms with Gasteiger partial charge < -0.3 is 5.11 Å². The standard InChI is InChI=1S/C14H19BrOS/c1-12(2)9-4-5-13(3,6-9)14(12,16)10-7-17-8-11(10)15/h7-9,16H,4-6H2,1-3H3. The van der Waals surface area contributed by atoms with Crippen molar-refractivity contribution in [3.63, 3.8) is 0 Å². The van der Waals surface area contributed by atoms with Crippen LogP contribution < -0.4 is 0 Å². The summed E-state index contributed by atoms with van der Waals surface area (Å²) >= 11 is 5.28. The lowest BCUT2D eigenvalue weighted by molar-refractivity contribution is -0.151. The number of rotatable bonds is 1. The summed E-state index contributed by atoms with van der Waals surface area (Å²) in [6.07, 6.45) is 3.59. The highest BCUT2D eigenvalue weighted by atomic mass is 79.9. The van der Waals surface area contributed by atoms with E-state index in [9.17, 15) is 5.11 Å². The Kier molecular flexibility index (Phi) is 2.42. The number of halogens is 1. The predicted octanol–water partition coefficient (Wildman–Crippen LogP) is 4.54. The summed E-state index contributed by atoms with van der Waals surface area (Å²) in [6.45, 7) is 6.75. The Balaban J connectivity index is 2.21. The van der Waals surface area contributed by atoms with Crippen LogP contribution >= 0.6 is 27.3 Å². The first-order chi connectivity index (χ1) is 7.83. The van der Waals surface area contributed by atoms with Crippen molar-refractivity contribution in [1.29, 1.82) is 0 Å². The molecule has 2 saturated carbocycles. The third kappa shape index (κ3) is 1.23. The normalized spacial score (nSPS) is 43.2. The van der Waals surface area contributed by atoms with Gasteiger partial charge in [-0.3, -0.25) is 0 Å². The molecule has 2 fully saturated rings. The molecule has 1 heterocycles. The third-order valence-electron chi connectivity index (χ3n) is 5.57. The highest BCUT2D eigenvalue weighted by Crippen LogP contribution is 2.72. The van der Waals surface area contributed by atoms with Crippen LogP contribution in [-0.2, 0) is 5.60 Å². The van der Waals surface area contributed by atoms with Crippen molar-refractivity contribution in [2.75, 3.05) is 0 Å². The Morgan fingerprint density at radius 2 is 2.06 bits per heavy atom. The molecule has 0 spiro atoms. The molecule has 1 aromatic rings. The SMILES string of the molecule is CC12CCC(C1)C(C)(C)C2(O)c1cscc1Br. The number of fused-ring (bicyclic) bond motifs is 2. The maximum absolute atomic E-state index is 11.5. The van der Waals surface area contributed by atoms with E-state index in [1.165, 1.54) is 12.8 Å². The molecule has 2 aliphatic rings. The van der Waals surface area contributed by atoms with Crippen molar-refractivity contribution < 1.29 is 5.11 Å². The van der Waals surface area contributed by atoms with Crippen molar-refractivity contribution in [2.24, 2.45) is 16.7 Å². The first kappa shape index (κ1) is 12.2. The predicted molar refractivity (Wildman–Crippen MR) is 75.1 cm³/mol. The second-order valence-electron chi connectivity index (χ2n) is 6.57. The van der Waals surface area contributed by atoms with Gasteiger partial charge in [-0.15, -0.1) is 0 Å². The lowest BCUT2D eigenvalue weighted by Gasteiger charge is -2.50. The van der Waals surface area contributed by atoms with Crippen molar-refractivity contribution >= 4 is 27.3 Å². The minimum atomic E-state index is -0.679. The third-order valence-corrected chi connectivity index (χ3v) is 7.28. The Morgan fingerprint density at radius 3 is 2.53 bits per heavy atom. The van der Waals surface area contributed by atoms with Gasteiger partial charge in [-0.2, -0.15) is 11.3 Å². The molecule has 0 radical (unpaired) electrons. The Hall–Kier alpha value is 0.140.